The van der Waals surface area contributed by atoms with E-state index < -0.39 is 69.8 Å². The monoisotopic (exact) mass is 868 g/mol. The highest BCUT2D eigenvalue weighted by Crippen LogP contribution is 2.49. The zero-order valence-corrected chi connectivity index (χ0v) is 33.9. The van der Waals surface area contributed by atoms with E-state index in [9.17, 15) is 57.7 Å². The van der Waals surface area contributed by atoms with Crippen molar-refractivity contribution >= 4 is 70.8 Å². The minimum Gasteiger partial charge on any atom is -0.470 e. The van der Waals surface area contributed by atoms with Gasteiger partial charge in [-0.25, -0.2) is 0 Å². The summed E-state index contributed by atoms with van der Waals surface area (Å²) in [6, 6.07) is 13.4. The lowest BCUT2D eigenvalue weighted by molar-refractivity contribution is -0.236. The highest BCUT2D eigenvalue weighted by atomic mass is 32.1. The highest BCUT2D eigenvalue weighted by Gasteiger charge is 2.60. The number of carbonyl (C=O) groups is 6. The van der Waals surface area contributed by atoms with Crippen molar-refractivity contribution in [1.82, 2.24) is 9.80 Å². The Morgan fingerprint density at radius 1 is 0.855 bits per heavy atom. The quantitative estimate of drug-likeness (QED) is 0.110. The van der Waals surface area contributed by atoms with E-state index in [0.29, 0.717) is 35.3 Å². The second-order valence-corrected chi connectivity index (χ2v) is 14.7. The number of nitrogens with zero attached hydrogens (tertiary/aromatic N) is 6. The molecule has 19 heteroatoms. The Bertz CT molecular complexity index is 2440. The lowest BCUT2D eigenvalue weighted by Crippen LogP contribution is -2.43. The summed E-state index contributed by atoms with van der Waals surface area (Å²) in [4.78, 5) is 76.8. The summed E-state index contributed by atoms with van der Waals surface area (Å²) in [5, 5.41) is 28.5. The number of esters is 2. The van der Waals surface area contributed by atoms with Crippen molar-refractivity contribution in [3.8, 4) is 18.2 Å². The van der Waals surface area contributed by atoms with Gasteiger partial charge in [0.05, 0.1) is 19.4 Å². The fourth-order valence-corrected chi connectivity index (χ4v) is 7.20. The molecular weight excluding hydrogens is 834 g/mol. The van der Waals surface area contributed by atoms with Crippen molar-refractivity contribution in [3.05, 3.63) is 104 Å². The van der Waals surface area contributed by atoms with Gasteiger partial charge in [0, 0.05) is 70.5 Å². The SMILES string of the molecule is CCN(CCOC(=O)CCN1C(=O)C=CC1=O)c1ccc(/C=C/c2sc(/C=C/C3=C(C#N)C(=C(C#N)C#N)OC3(C)C(F)(F)F)cc2COC(=O)CCN2C(=O)C=CC2=O)cc1. The van der Waals surface area contributed by atoms with Crippen LogP contribution in [0.4, 0.5) is 18.9 Å². The molecule has 318 valence electrons. The lowest BCUT2D eigenvalue weighted by Gasteiger charge is -2.28. The van der Waals surface area contributed by atoms with E-state index in [4.69, 9.17) is 14.2 Å². The second kappa shape index (κ2) is 19.7. The predicted molar refractivity (Wildman–Crippen MR) is 215 cm³/mol. The number of hydrogen-bond acceptors (Lipinski definition) is 14. The van der Waals surface area contributed by atoms with Gasteiger partial charge in [0.1, 0.15) is 37.0 Å². The number of carbonyl (C=O) groups excluding carboxylic acids is 6. The van der Waals surface area contributed by atoms with Gasteiger partial charge in [-0.05, 0) is 49.8 Å². The molecule has 2 aromatic rings. The van der Waals surface area contributed by atoms with Crippen molar-refractivity contribution in [2.24, 2.45) is 0 Å². The molecule has 0 saturated heterocycles. The largest absolute Gasteiger partial charge is 0.470 e. The van der Waals surface area contributed by atoms with Crippen LogP contribution in [0.1, 0.15) is 47.6 Å². The van der Waals surface area contributed by atoms with E-state index in [-0.39, 0.29) is 39.1 Å². The van der Waals surface area contributed by atoms with Crippen molar-refractivity contribution in [2.45, 2.75) is 45.1 Å². The topological polar surface area (TPSA) is 211 Å². The normalized spacial score (nSPS) is 17.3. The summed E-state index contributed by atoms with van der Waals surface area (Å²) in [5.41, 5.74) is -3.15. The van der Waals surface area contributed by atoms with Crippen LogP contribution in [0.3, 0.4) is 0 Å². The Hall–Kier alpha value is -7.56. The molecule has 1 unspecified atom stereocenters. The molecule has 0 aliphatic carbocycles. The van der Waals surface area contributed by atoms with Gasteiger partial charge in [-0.1, -0.05) is 24.3 Å². The molecule has 0 spiro atoms. The average molecular weight is 869 g/mol. The van der Waals surface area contributed by atoms with Gasteiger partial charge in [-0.2, -0.15) is 29.0 Å². The van der Waals surface area contributed by atoms with E-state index in [1.54, 1.807) is 24.3 Å². The molecule has 0 radical (unpaired) electrons. The maximum Gasteiger partial charge on any atom is 0.432 e. The summed E-state index contributed by atoms with van der Waals surface area (Å²) in [6.45, 7) is 2.99. The first-order chi connectivity index (χ1) is 29.5. The van der Waals surface area contributed by atoms with E-state index in [1.807, 2.05) is 36.1 Å². The molecule has 0 N–H and O–H groups in total. The van der Waals surface area contributed by atoms with Crippen LogP contribution < -0.4 is 4.90 Å². The van der Waals surface area contributed by atoms with E-state index in [1.165, 1.54) is 18.2 Å². The lowest BCUT2D eigenvalue weighted by atomic mass is 9.92. The minimum absolute atomic E-state index is 0.0545. The molecule has 0 fully saturated rings. The molecule has 3 aliphatic heterocycles. The third-order valence-electron chi connectivity index (χ3n) is 9.66. The van der Waals surface area contributed by atoms with E-state index >= 15 is 0 Å². The fraction of sp³-hybridized carbons (Fsp3) is 0.279. The van der Waals surface area contributed by atoms with Crippen LogP contribution in [0.2, 0.25) is 0 Å². The number of allylic oxidation sites excluding steroid dienone is 2. The number of benzene rings is 1. The Morgan fingerprint density at radius 2 is 1.42 bits per heavy atom. The first-order valence-electron chi connectivity index (χ1n) is 18.7. The van der Waals surface area contributed by atoms with Crippen molar-refractivity contribution in [2.75, 3.05) is 37.7 Å². The maximum absolute atomic E-state index is 14.4. The zero-order chi connectivity index (χ0) is 45.2. The molecule has 1 aromatic carbocycles. The van der Waals surface area contributed by atoms with Crippen molar-refractivity contribution in [3.63, 3.8) is 0 Å². The number of anilines is 1. The van der Waals surface area contributed by atoms with Gasteiger partial charge in [-0.3, -0.25) is 38.6 Å². The number of ether oxygens (including phenoxy) is 3. The van der Waals surface area contributed by atoms with Crippen LogP contribution in [0, 0.1) is 34.0 Å². The van der Waals surface area contributed by atoms with Crippen molar-refractivity contribution < 1.29 is 56.1 Å². The molecule has 5 rings (SSSR count). The first-order valence-corrected chi connectivity index (χ1v) is 19.5. The van der Waals surface area contributed by atoms with Crippen LogP contribution in [-0.2, 0) is 49.6 Å². The van der Waals surface area contributed by atoms with Crippen LogP contribution in [0.5, 0.6) is 0 Å². The third kappa shape index (κ3) is 10.4. The average Bonchev–Trinajstić information content (AvgIpc) is 3.98. The standard InChI is InChI=1S/C43H35F3N6O9S/c1-3-50(20-21-59-39(57)16-18-51-35(53)12-13-36(51)54)30-7-4-27(5-8-30)6-11-34-28(26-60-40(58)17-19-52-37(55)14-15-38(52)56)22-31(62-34)9-10-33-32(25-49)41(29(23-47)24-48)61-42(33,2)43(44,45)46/h4-15,22H,3,16-21,26H2,1-2H3/b10-9+,11-6+. The smallest absolute Gasteiger partial charge is 0.432 e. The fourth-order valence-electron chi connectivity index (χ4n) is 6.22. The molecule has 3 aliphatic rings. The Labute approximate surface area is 356 Å². The Kier molecular flexibility index (Phi) is 14.4. The highest BCUT2D eigenvalue weighted by molar-refractivity contribution is 7.14. The molecule has 62 heavy (non-hydrogen) atoms. The molecule has 4 amide bonds. The third-order valence-corrected chi connectivity index (χ3v) is 10.8. The number of amides is 4. The van der Waals surface area contributed by atoms with Crippen molar-refractivity contribution in [1.29, 1.82) is 15.8 Å². The van der Waals surface area contributed by atoms with Gasteiger partial charge >= 0.3 is 18.1 Å². The van der Waals surface area contributed by atoms with Gasteiger partial charge in [0.15, 0.2) is 11.3 Å². The van der Waals surface area contributed by atoms with Gasteiger partial charge in [0.25, 0.3) is 23.6 Å². The number of alkyl halides is 3. The molecule has 0 bridgehead atoms. The van der Waals surface area contributed by atoms with Crippen LogP contribution in [0.25, 0.3) is 18.2 Å². The van der Waals surface area contributed by atoms with Gasteiger partial charge < -0.3 is 19.1 Å². The minimum atomic E-state index is -5.07. The number of likely N-dealkylation sites (N-methyl/N-ethyl adjacent to an activating group) is 1. The summed E-state index contributed by atoms with van der Waals surface area (Å²) in [6.07, 6.45) is 4.71. The molecular formula is C43H35F3N6O9S. The Morgan fingerprint density at radius 3 is 1.94 bits per heavy atom. The predicted octanol–water partition coefficient (Wildman–Crippen LogP) is 5.45. The first kappa shape index (κ1) is 45.5. The number of thiophene rings is 1. The van der Waals surface area contributed by atoms with Gasteiger partial charge in [-0.15, -0.1) is 11.3 Å². The van der Waals surface area contributed by atoms with Crippen LogP contribution in [0.15, 0.2) is 83.2 Å². The summed E-state index contributed by atoms with van der Waals surface area (Å²) in [5.74, 6) is -4.17. The van der Waals surface area contributed by atoms with E-state index in [0.717, 1.165) is 62.8 Å². The molecule has 15 nitrogen and oxygen atoms in total. The molecule has 1 aromatic heterocycles. The number of rotatable bonds is 17. The summed E-state index contributed by atoms with van der Waals surface area (Å²) < 4.78 is 59.1. The summed E-state index contributed by atoms with van der Waals surface area (Å²) >= 11 is 1.11. The van der Waals surface area contributed by atoms with E-state index in [2.05, 4.69) is 0 Å². The molecule has 0 saturated carbocycles. The van der Waals surface area contributed by atoms with Gasteiger partial charge in [0.2, 0.25) is 5.60 Å². The second-order valence-electron chi connectivity index (χ2n) is 13.5. The number of imide groups is 2. The van der Waals surface area contributed by atoms with Crippen LogP contribution in [-0.4, -0.2) is 89.9 Å². The number of nitriles is 3. The van der Waals surface area contributed by atoms with Crippen LogP contribution >= 0.6 is 11.3 Å². The Balaban J connectivity index is 1.32. The maximum atomic E-state index is 14.4. The number of hydrogen-bond donors (Lipinski definition) is 0. The molecule has 4 heterocycles. The number of halogens is 3. The molecule has 1 atom stereocenters. The zero-order valence-electron chi connectivity index (χ0n) is 33.1. The summed E-state index contributed by atoms with van der Waals surface area (Å²) in [7, 11) is 0.